The SMILES string of the molecule is c1ccc(-c2cc(-c3ccccc3)nc(-c3c(-c4ccc5c(c4)C4(c6ccccc6-c6ccccc64)c4ccccc4-5)ccc4sc5ccccc5c34)n2)cc1. The van der Waals surface area contributed by atoms with Gasteiger partial charge in [0.25, 0.3) is 0 Å². The van der Waals surface area contributed by atoms with Crippen LogP contribution in [0.15, 0.2) is 194 Å². The van der Waals surface area contributed by atoms with Gasteiger partial charge in [-0.3, -0.25) is 0 Å². The highest BCUT2D eigenvalue weighted by atomic mass is 32.1. The molecule has 8 aromatic carbocycles. The molecule has 2 heterocycles. The molecule has 260 valence electrons. The van der Waals surface area contributed by atoms with Crippen LogP contribution in [0.1, 0.15) is 22.3 Å². The molecule has 0 N–H and O–H groups in total. The van der Waals surface area contributed by atoms with Crippen LogP contribution in [0.3, 0.4) is 0 Å². The van der Waals surface area contributed by atoms with Gasteiger partial charge in [0.05, 0.1) is 16.8 Å². The predicted octanol–water partition coefficient (Wildman–Crippen LogP) is 13.9. The van der Waals surface area contributed by atoms with E-state index in [1.54, 1.807) is 0 Å². The van der Waals surface area contributed by atoms with E-state index in [4.69, 9.17) is 9.97 Å². The van der Waals surface area contributed by atoms with E-state index < -0.39 is 5.41 Å². The van der Waals surface area contributed by atoms with Gasteiger partial charge in [-0.25, -0.2) is 9.97 Å². The van der Waals surface area contributed by atoms with E-state index in [0.29, 0.717) is 0 Å². The molecule has 0 unspecified atom stereocenters. The highest BCUT2D eigenvalue weighted by Crippen LogP contribution is 2.63. The summed E-state index contributed by atoms with van der Waals surface area (Å²) in [6.07, 6.45) is 0. The largest absolute Gasteiger partial charge is 0.228 e. The lowest BCUT2D eigenvalue weighted by molar-refractivity contribution is 0.794. The Kier molecular flexibility index (Phi) is 6.75. The van der Waals surface area contributed by atoms with Crippen LogP contribution < -0.4 is 0 Å². The third-order valence-electron chi connectivity index (χ3n) is 11.9. The quantitative estimate of drug-likeness (QED) is 0.180. The fraction of sp³-hybridized carbons (Fsp3) is 0.0189. The van der Waals surface area contributed by atoms with Gasteiger partial charge in [-0.05, 0) is 79.9 Å². The van der Waals surface area contributed by atoms with Crippen LogP contribution in [0.5, 0.6) is 0 Å². The summed E-state index contributed by atoms with van der Waals surface area (Å²) in [5.41, 5.74) is 17.4. The first-order valence-corrected chi connectivity index (χ1v) is 20.0. The van der Waals surface area contributed by atoms with Crippen molar-refractivity contribution in [2.45, 2.75) is 5.41 Å². The zero-order valence-electron chi connectivity index (χ0n) is 30.3. The van der Waals surface area contributed by atoms with Crippen LogP contribution in [0, 0.1) is 0 Å². The smallest absolute Gasteiger partial charge is 0.161 e. The zero-order valence-corrected chi connectivity index (χ0v) is 31.1. The molecule has 0 aliphatic heterocycles. The molecule has 56 heavy (non-hydrogen) atoms. The number of benzene rings is 8. The minimum Gasteiger partial charge on any atom is -0.228 e. The molecular formula is C53H32N2S. The van der Waals surface area contributed by atoms with Gasteiger partial charge in [-0.15, -0.1) is 11.3 Å². The Morgan fingerprint density at radius 1 is 0.357 bits per heavy atom. The summed E-state index contributed by atoms with van der Waals surface area (Å²) in [5, 5.41) is 2.42. The molecule has 2 aliphatic rings. The average molecular weight is 729 g/mol. The molecule has 3 heteroatoms. The second kappa shape index (κ2) is 12.0. The standard InChI is InChI=1S/C53H32N2S/c1-3-15-33(16-4-1)46-32-47(34-17-5-2-6-18-34)55-52(54-46)51-36(29-30-49-50(51)41-22-10-14-26-48(41)56-49)35-27-28-40-39-21-9-13-25-44(39)53(45(40)31-35)42-23-11-7-19-37(42)38-20-8-12-24-43(38)53/h1-32H. The Labute approximate surface area is 329 Å². The second-order valence-corrected chi connectivity index (χ2v) is 15.9. The third-order valence-corrected chi connectivity index (χ3v) is 13.1. The van der Waals surface area contributed by atoms with Crippen molar-refractivity contribution < 1.29 is 0 Å². The molecule has 2 aromatic heterocycles. The van der Waals surface area contributed by atoms with Crippen LogP contribution in [0.4, 0.5) is 0 Å². The fourth-order valence-electron chi connectivity index (χ4n) is 9.62. The van der Waals surface area contributed by atoms with Crippen LogP contribution in [-0.4, -0.2) is 9.97 Å². The number of nitrogens with zero attached hydrogens (tertiary/aromatic N) is 2. The third kappa shape index (κ3) is 4.38. The number of rotatable bonds is 4. The molecule has 10 aromatic rings. The lowest BCUT2D eigenvalue weighted by Gasteiger charge is -2.30. The van der Waals surface area contributed by atoms with Crippen molar-refractivity contribution in [3.8, 4) is 67.3 Å². The summed E-state index contributed by atoms with van der Waals surface area (Å²) < 4.78 is 2.48. The molecule has 2 nitrogen and oxygen atoms in total. The second-order valence-electron chi connectivity index (χ2n) is 14.8. The van der Waals surface area contributed by atoms with Crippen molar-refractivity contribution in [1.82, 2.24) is 9.97 Å². The number of fused-ring (bicyclic) bond motifs is 13. The van der Waals surface area contributed by atoms with Crippen LogP contribution >= 0.6 is 11.3 Å². The first kappa shape index (κ1) is 31.4. The Hall–Kier alpha value is -6.94. The highest BCUT2D eigenvalue weighted by molar-refractivity contribution is 7.26. The summed E-state index contributed by atoms with van der Waals surface area (Å²) in [7, 11) is 0. The summed E-state index contributed by atoms with van der Waals surface area (Å²) in [6, 6.07) is 70.7. The van der Waals surface area contributed by atoms with E-state index in [1.807, 2.05) is 11.3 Å². The summed E-state index contributed by atoms with van der Waals surface area (Å²) >= 11 is 1.83. The van der Waals surface area contributed by atoms with Gasteiger partial charge in [0.1, 0.15) is 0 Å². The number of thiophene rings is 1. The monoisotopic (exact) mass is 728 g/mol. The lowest BCUT2D eigenvalue weighted by Crippen LogP contribution is -2.25. The molecule has 0 radical (unpaired) electrons. The van der Waals surface area contributed by atoms with Gasteiger partial charge in [0, 0.05) is 36.9 Å². The van der Waals surface area contributed by atoms with E-state index in [9.17, 15) is 0 Å². The van der Waals surface area contributed by atoms with Crippen LogP contribution in [-0.2, 0) is 5.41 Å². The number of hydrogen-bond acceptors (Lipinski definition) is 3. The molecule has 0 saturated carbocycles. The minimum absolute atomic E-state index is 0.432. The van der Waals surface area contributed by atoms with Crippen LogP contribution in [0.2, 0.25) is 0 Å². The molecule has 0 saturated heterocycles. The summed E-state index contributed by atoms with van der Waals surface area (Å²) in [4.78, 5) is 10.9. The molecule has 2 aliphatic carbocycles. The molecule has 0 bridgehead atoms. The van der Waals surface area contributed by atoms with Gasteiger partial charge in [0.2, 0.25) is 0 Å². The normalized spacial score (nSPS) is 13.1. The van der Waals surface area contributed by atoms with Gasteiger partial charge >= 0.3 is 0 Å². The Bertz CT molecular complexity index is 3080. The van der Waals surface area contributed by atoms with Gasteiger partial charge in [0.15, 0.2) is 5.82 Å². The average Bonchev–Trinajstić information content (AvgIpc) is 3.90. The topological polar surface area (TPSA) is 25.8 Å². The number of aromatic nitrogens is 2. The molecule has 12 rings (SSSR count). The Balaban J connectivity index is 1.18. The van der Waals surface area contributed by atoms with Gasteiger partial charge < -0.3 is 0 Å². The zero-order chi connectivity index (χ0) is 36.8. The maximum atomic E-state index is 5.45. The summed E-state index contributed by atoms with van der Waals surface area (Å²) in [5.74, 6) is 0.726. The maximum absolute atomic E-state index is 5.45. The Morgan fingerprint density at radius 2 is 0.857 bits per heavy atom. The van der Waals surface area contributed by atoms with Crippen molar-refractivity contribution in [2.75, 3.05) is 0 Å². The van der Waals surface area contributed by atoms with Crippen LogP contribution in [0.25, 0.3) is 87.5 Å². The van der Waals surface area contributed by atoms with Gasteiger partial charge in [-0.1, -0.05) is 170 Å². The van der Waals surface area contributed by atoms with Crippen molar-refractivity contribution in [3.05, 3.63) is 216 Å². The highest BCUT2D eigenvalue weighted by Gasteiger charge is 2.51. The first-order valence-electron chi connectivity index (χ1n) is 19.2. The lowest BCUT2D eigenvalue weighted by atomic mass is 9.70. The number of hydrogen-bond donors (Lipinski definition) is 0. The van der Waals surface area contributed by atoms with Gasteiger partial charge in [-0.2, -0.15) is 0 Å². The van der Waals surface area contributed by atoms with E-state index in [2.05, 4.69) is 194 Å². The van der Waals surface area contributed by atoms with Crippen molar-refractivity contribution in [1.29, 1.82) is 0 Å². The molecule has 0 fully saturated rings. The minimum atomic E-state index is -0.432. The fourth-order valence-corrected chi connectivity index (χ4v) is 10.7. The van der Waals surface area contributed by atoms with E-state index in [1.165, 1.54) is 64.7 Å². The first-order chi connectivity index (χ1) is 27.8. The predicted molar refractivity (Wildman–Crippen MR) is 233 cm³/mol. The maximum Gasteiger partial charge on any atom is 0.161 e. The molecule has 0 amide bonds. The van der Waals surface area contributed by atoms with E-state index >= 15 is 0 Å². The van der Waals surface area contributed by atoms with Crippen molar-refractivity contribution >= 4 is 31.5 Å². The molecule has 1 spiro atoms. The van der Waals surface area contributed by atoms with Crippen molar-refractivity contribution in [2.24, 2.45) is 0 Å². The Morgan fingerprint density at radius 3 is 1.46 bits per heavy atom. The molecular weight excluding hydrogens is 697 g/mol. The summed E-state index contributed by atoms with van der Waals surface area (Å²) in [6.45, 7) is 0. The van der Waals surface area contributed by atoms with E-state index in [-0.39, 0.29) is 0 Å². The van der Waals surface area contributed by atoms with E-state index in [0.717, 1.165) is 45.0 Å². The molecule has 0 atom stereocenters. The van der Waals surface area contributed by atoms with Crippen molar-refractivity contribution in [3.63, 3.8) is 0 Å².